The van der Waals surface area contributed by atoms with Crippen LogP contribution < -0.4 is 0 Å². The second-order valence-corrected chi connectivity index (χ2v) is 8.32. The maximum atomic E-state index is 2.46. The van der Waals surface area contributed by atoms with Gasteiger partial charge in [-0.3, -0.25) is 0 Å². The van der Waals surface area contributed by atoms with Crippen molar-refractivity contribution in [3.05, 3.63) is 22.3 Å². The Kier molecular flexibility index (Phi) is 2.81. The third-order valence-corrected chi connectivity index (χ3v) is 7.58. The minimum absolute atomic E-state index is 0.453. The van der Waals surface area contributed by atoms with E-state index in [-0.39, 0.29) is 0 Å². The van der Waals surface area contributed by atoms with Gasteiger partial charge in [0.2, 0.25) is 0 Å². The van der Waals surface area contributed by atoms with Crippen molar-refractivity contribution in [2.45, 2.75) is 50.5 Å². The van der Waals surface area contributed by atoms with Crippen LogP contribution in [0.5, 0.6) is 0 Å². The molecule has 1 aliphatic rings. The minimum atomic E-state index is -0.646. The van der Waals surface area contributed by atoms with Gasteiger partial charge in [0, 0.05) is 0 Å². The molecule has 0 fully saturated rings. The summed E-state index contributed by atoms with van der Waals surface area (Å²) in [6.07, 6.45) is 0. The summed E-state index contributed by atoms with van der Waals surface area (Å²) in [5.41, 5.74) is 6.34. The Morgan fingerprint density at radius 3 is 1.31 bits per heavy atom. The Labute approximate surface area is 87.1 Å². The topological polar surface area (TPSA) is 0 Å². The van der Waals surface area contributed by atoms with Crippen molar-refractivity contribution in [3.63, 3.8) is 0 Å². The van der Waals surface area contributed by atoms with Crippen molar-refractivity contribution < 1.29 is 0 Å². The van der Waals surface area contributed by atoms with Crippen molar-refractivity contribution >= 4 is 14.1 Å². The van der Waals surface area contributed by atoms with Crippen molar-refractivity contribution in [2.75, 3.05) is 0 Å². The monoisotopic (exact) mass is 192 g/mol. The Balaban J connectivity index is 3.31. The van der Waals surface area contributed by atoms with Gasteiger partial charge in [0.25, 0.3) is 14.1 Å². The van der Waals surface area contributed by atoms with Crippen LogP contribution >= 0.6 is 0 Å². The molecule has 0 nitrogen and oxygen atoms in total. The highest BCUT2D eigenvalue weighted by Crippen LogP contribution is 2.53. The first-order valence-corrected chi connectivity index (χ1v) is 8.08. The first-order chi connectivity index (χ1) is 5.83. The molecule has 0 aromatic rings. The molecule has 72 valence electrons. The van der Waals surface area contributed by atoms with Crippen LogP contribution in [0.25, 0.3) is 0 Å². The van der Waals surface area contributed by atoms with E-state index < -0.39 is 14.1 Å². The first-order valence-electron chi connectivity index (χ1n) is 5.19. The van der Waals surface area contributed by atoms with E-state index in [4.69, 9.17) is 0 Å². The SMILES string of the molecule is CC1=C(C)[C](C)([Al]([CH3])[CH3])C(C)=C1C. The summed E-state index contributed by atoms with van der Waals surface area (Å²) in [4.78, 5) is 0. The van der Waals surface area contributed by atoms with Crippen LogP contribution in [0.2, 0.25) is 15.8 Å². The lowest BCUT2D eigenvalue weighted by molar-refractivity contribution is 0.816. The molecule has 0 heterocycles. The van der Waals surface area contributed by atoms with Gasteiger partial charge in [-0.1, -0.05) is 18.1 Å². The fraction of sp³-hybridized carbons (Fsp3) is 0.667. The van der Waals surface area contributed by atoms with E-state index >= 15 is 0 Å². The third-order valence-electron chi connectivity index (χ3n) is 4.40. The van der Waals surface area contributed by atoms with E-state index in [2.05, 4.69) is 46.2 Å². The lowest BCUT2D eigenvalue weighted by Crippen LogP contribution is -2.25. The predicted octanol–water partition coefficient (Wildman–Crippen LogP) is 4.19. The van der Waals surface area contributed by atoms with Gasteiger partial charge in [-0.2, -0.15) is 0 Å². The number of hydrogen-bond donors (Lipinski definition) is 0. The van der Waals surface area contributed by atoms with Crippen LogP contribution in [0, 0.1) is 0 Å². The summed E-state index contributed by atoms with van der Waals surface area (Å²) in [6.45, 7) is 11.6. The van der Waals surface area contributed by atoms with Gasteiger partial charge >= 0.3 is 0 Å². The highest BCUT2D eigenvalue weighted by molar-refractivity contribution is 6.61. The molecular weight excluding hydrogens is 171 g/mol. The standard InChI is InChI=1S/C10H15.2CH3.Al/c1-6-7(2)9(4)10(5)8(6)3;;;/h1-5H3;2*1H3;. The third kappa shape index (κ3) is 1.34. The normalized spacial score (nSPS) is 21.5. The average Bonchev–Trinajstić information content (AvgIpc) is 2.22. The lowest BCUT2D eigenvalue weighted by atomic mass is 9.98. The Morgan fingerprint density at radius 2 is 1.15 bits per heavy atom. The first kappa shape index (κ1) is 11.1. The van der Waals surface area contributed by atoms with Crippen molar-refractivity contribution in [3.8, 4) is 0 Å². The smallest absolute Gasteiger partial charge is 0.105 e. The van der Waals surface area contributed by atoms with Crippen LogP contribution in [0.15, 0.2) is 22.3 Å². The number of rotatable bonds is 1. The summed E-state index contributed by atoms with van der Waals surface area (Å²) in [6, 6.07) is 0. The van der Waals surface area contributed by atoms with Gasteiger partial charge < -0.3 is 0 Å². The molecular formula is C12H21Al. The minimum Gasteiger partial charge on any atom is -0.105 e. The van der Waals surface area contributed by atoms with Crippen molar-refractivity contribution in [2.24, 2.45) is 0 Å². The largest absolute Gasteiger partial charge is 0.275 e. The summed E-state index contributed by atoms with van der Waals surface area (Å²) in [5.74, 6) is 4.91. The van der Waals surface area contributed by atoms with Crippen LogP contribution in [0.3, 0.4) is 0 Å². The summed E-state index contributed by atoms with van der Waals surface area (Å²) in [5, 5.41) is 0. The summed E-state index contributed by atoms with van der Waals surface area (Å²) < 4.78 is 0.453. The molecule has 0 radical (unpaired) electrons. The second-order valence-electron chi connectivity index (χ2n) is 4.86. The van der Waals surface area contributed by atoms with Gasteiger partial charge in [-0.15, -0.1) is 11.6 Å². The van der Waals surface area contributed by atoms with Crippen LogP contribution in [-0.4, -0.2) is 14.1 Å². The van der Waals surface area contributed by atoms with E-state index in [0.717, 1.165) is 0 Å². The molecule has 0 spiro atoms. The predicted molar refractivity (Wildman–Crippen MR) is 62.6 cm³/mol. The van der Waals surface area contributed by atoms with Gasteiger partial charge in [0.15, 0.2) is 0 Å². The molecule has 0 N–H and O–H groups in total. The van der Waals surface area contributed by atoms with E-state index in [1.807, 2.05) is 0 Å². The summed E-state index contributed by atoms with van der Waals surface area (Å²) >= 11 is -0.646. The molecule has 0 aromatic heterocycles. The zero-order valence-corrected chi connectivity index (χ0v) is 11.2. The maximum absolute atomic E-state index is 2.46. The van der Waals surface area contributed by atoms with Gasteiger partial charge in [-0.05, 0) is 43.1 Å². The molecule has 0 saturated heterocycles. The van der Waals surface area contributed by atoms with Crippen molar-refractivity contribution in [1.29, 1.82) is 0 Å². The number of hydrogen-bond acceptors (Lipinski definition) is 0. The molecule has 0 aromatic carbocycles. The summed E-state index contributed by atoms with van der Waals surface area (Å²) in [7, 11) is 0. The second kappa shape index (κ2) is 3.30. The molecule has 13 heavy (non-hydrogen) atoms. The molecule has 0 bridgehead atoms. The molecule has 1 rings (SSSR count). The lowest BCUT2D eigenvalue weighted by Gasteiger charge is -2.31. The van der Waals surface area contributed by atoms with Crippen LogP contribution in [-0.2, 0) is 0 Å². The van der Waals surface area contributed by atoms with E-state index in [1.54, 1.807) is 22.3 Å². The van der Waals surface area contributed by atoms with E-state index in [9.17, 15) is 0 Å². The molecule has 0 amide bonds. The fourth-order valence-corrected chi connectivity index (χ4v) is 4.65. The maximum Gasteiger partial charge on any atom is 0.275 e. The average molecular weight is 192 g/mol. The van der Waals surface area contributed by atoms with Gasteiger partial charge in [-0.25, -0.2) is 0 Å². The molecule has 0 saturated carbocycles. The molecule has 0 aliphatic heterocycles. The van der Waals surface area contributed by atoms with E-state index in [1.165, 1.54) is 0 Å². The van der Waals surface area contributed by atoms with Gasteiger partial charge in [0.05, 0.1) is 0 Å². The highest BCUT2D eigenvalue weighted by atomic mass is 27.2. The van der Waals surface area contributed by atoms with E-state index in [0.29, 0.717) is 4.28 Å². The zero-order chi connectivity index (χ0) is 10.4. The molecule has 0 atom stereocenters. The van der Waals surface area contributed by atoms with Crippen LogP contribution in [0.1, 0.15) is 34.6 Å². The Bertz CT molecular complexity index is 268. The Morgan fingerprint density at radius 1 is 0.846 bits per heavy atom. The van der Waals surface area contributed by atoms with Gasteiger partial charge in [0.1, 0.15) is 0 Å². The Hall–Kier alpha value is 0.0125. The molecule has 1 heteroatoms. The number of allylic oxidation sites excluding steroid dienone is 4. The molecule has 1 aliphatic carbocycles. The zero-order valence-electron chi connectivity index (χ0n) is 10.1. The molecule has 0 unspecified atom stereocenters. The van der Waals surface area contributed by atoms with Crippen LogP contribution in [0.4, 0.5) is 0 Å². The highest BCUT2D eigenvalue weighted by Gasteiger charge is 2.40. The van der Waals surface area contributed by atoms with Crippen molar-refractivity contribution in [1.82, 2.24) is 0 Å². The quantitative estimate of drug-likeness (QED) is 0.546. The fourth-order valence-electron chi connectivity index (χ4n) is 2.49.